The first-order valence-corrected chi connectivity index (χ1v) is 10.3. The first-order valence-electron chi connectivity index (χ1n) is 10.3. The Labute approximate surface area is 180 Å². The molecule has 0 aliphatic carbocycles. The monoisotopic (exact) mass is 419 g/mol. The molecule has 0 spiro atoms. The molecule has 1 aliphatic rings. The van der Waals surface area contributed by atoms with Crippen molar-refractivity contribution in [1.29, 1.82) is 0 Å². The van der Waals surface area contributed by atoms with E-state index in [1.807, 2.05) is 41.3 Å². The van der Waals surface area contributed by atoms with Crippen LogP contribution >= 0.6 is 0 Å². The Morgan fingerprint density at radius 3 is 2.39 bits per heavy atom. The molecule has 3 aromatic rings. The standard InChI is InChI=1S/C23H25N5O3/c29-22(19-7-9-24-10-8-19)26-20-5-3-18(4-6-20)16-25-23(30)28-13-11-27(12-14-28)17-21-2-1-15-31-21/h1-10,15H,11-14,16-17H2,(H,25,30)(H,26,29). The Balaban J connectivity index is 1.20. The summed E-state index contributed by atoms with van der Waals surface area (Å²) in [5.41, 5.74) is 2.21. The third kappa shape index (κ3) is 5.70. The van der Waals surface area contributed by atoms with Crippen LogP contribution in [-0.2, 0) is 13.1 Å². The van der Waals surface area contributed by atoms with E-state index in [0.717, 1.165) is 31.0 Å². The molecule has 0 radical (unpaired) electrons. The quantitative estimate of drug-likeness (QED) is 0.641. The molecule has 1 aromatic carbocycles. The number of nitrogens with zero attached hydrogens (tertiary/aromatic N) is 3. The number of benzene rings is 1. The van der Waals surface area contributed by atoms with Crippen molar-refractivity contribution in [2.45, 2.75) is 13.1 Å². The average molecular weight is 419 g/mol. The van der Waals surface area contributed by atoms with E-state index in [0.29, 0.717) is 30.9 Å². The van der Waals surface area contributed by atoms with E-state index in [-0.39, 0.29) is 11.9 Å². The van der Waals surface area contributed by atoms with Gasteiger partial charge in [0.2, 0.25) is 0 Å². The van der Waals surface area contributed by atoms with Gasteiger partial charge < -0.3 is 20.0 Å². The number of hydrogen-bond acceptors (Lipinski definition) is 5. The molecule has 2 N–H and O–H groups in total. The van der Waals surface area contributed by atoms with Gasteiger partial charge in [0.15, 0.2) is 0 Å². The molecule has 0 saturated carbocycles. The molecule has 8 heteroatoms. The molecule has 0 atom stereocenters. The zero-order valence-corrected chi connectivity index (χ0v) is 17.2. The van der Waals surface area contributed by atoms with E-state index in [4.69, 9.17) is 4.42 Å². The van der Waals surface area contributed by atoms with E-state index in [2.05, 4.69) is 20.5 Å². The molecule has 3 amide bonds. The second-order valence-electron chi connectivity index (χ2n) is 7.39. The predicted molar refractivity (Wildman–Crippen MR) is 116 cm³/mol. The third-order valence-corrected chi connectivity index (χ3v) is 5.22. The van der Waals surface area contributed by atoms with Gasteiger partial charge in [-0.05, 0) is 42.0 Å². The lowest BCUT2D eigenvalue weighted by atomic mass is 10.2. The maximum absolute atomic E-state index is 12.5. The highest BCUT2D eigenvalue weighted by molar-refractivity contribution is 6.04. The topological polar surface area (TPSA) is 90.7 Å². The average Bonchev–Trinajstić information content (AvgIpc) is 3.32. The molecular weight excluding hydrogens is 394 g/mol. The van der Waals surface area contributed by atoms with Gasteiger partial charge in [0.1, 0.15) is 5.76 Å². The maximum Gasteiger partial charge on any atom is 0.317 e. The number of furan rings is 1. The van der Waals surface area contributed by atoms with Crippen LogP contribution < -0.4 is 10.6 Å². The van der Waals surface area contributed by atoms with Crippen molar-refractivity contribution in [2.24, 2.45) is 0 Å². The van der Waals surface area contributed by atoms with E-state index in [1.54, 1.807) is 30.8 Å². The Bertz CT molecular complexity index is 982. The normalized spacial score (nSPS) is 14.3. The minimum Gasteiger partial charge on any atom is -0.468 e. The number of carbonyl (C=O) groups excluding carboxylic acids is 2. The number of anilines is 1. The summed E-state index contributed by atoms with van der Waals surface area (Å²) in [6, 6.07) is 14.6. The summed E-state index contributed by atoms with van der Waals surface area (Å²) >= 11 is 0. The summed E-state index contributed by atoms with van der Waals surface area (Å²) in [7, 11) is 0. The molecule has 3 heterocycles. The Morgan fingerprint density at radius 1 is 0.968 bits per heavy atom. The number of piperazine rings is 1. The zero-order chi connectivity index (χ0) is 21.5. The second-order valence-corrected chi connectivity index (χ2v) is 7.39. The lowest BCUT2D eigenvalue weighted by molar-refractivity contribution is 0.102. The van der Waals surface area contributed by atoms with Crippen molar-refractivity contribution < 1.29 is 14.0 Å². The highest BCUT2D eigenvalue weighted by Crippen LogP contribution is 2.12. The zero-order valence-electron chi connectivity index (χ0n) is 17.2. The molecule has 31 heavy (non-hydrogen) atoms. The lowest BCUT2D eigenvalue weighted by Gasteiger charge is -2.34. The Kier molecular flexibility index (Phi) is 6.59. The molecular formula is C23H25N5O3. The minimum absolute atomic E-state index is 0.0623. The van der Waals surface area contributed by atoms with Crippen LogP contribution in [-0.4, -0.2) is 52.9 Å². The predicted octanol–water partition coefficient (Wildman–Crippen LogP) is 2.95. The second kappa shape index (κ2) is 9.90. The molecule has 160 valence electrons. The molecule has 0 unspecified atom stereocenters. The summed E-state index contributed by atoms with van der Waals surface area (Å²) in [5.74, 6) is 0.757. The van der Waals surface area contributed by atoms with E-state index in [1.165, 1.54) is 0 Å². The molecule has 1 fully saturated rings. The highest BCUT2D eigenvalue weighted by Gasteiger charge is 2.21. The van der Waals surface area contributed by atoms with Crippen LogP contribution in [0.1, 0.15) is 21.7 Å². The lowest BCUT2D eigenvalue weighted by Crippen LogP contribution is -2.51. The first kappa shape index (κ1) is 20.6. The van der Waals surface area contributed by atoms with Gasteiger partial charge >= 0.3 is 6.03 Å². The van der Waals surface area contributed by atoms with E-state index < -0.39 is 0 Å². The van der Waals surface area contributed by atoms with Crippen LogP contribution in [0.15, 0.2) is 71.6 Å². The minimum atomic E-state index is -0.186. The molecule has 8 nitrogen and oxygen atoms in total. The van der Waals surface area contributed by atoms with Gasteiger partial charge in [0.25, 0.3) is 5.91 Å². The summed E-state index contributed by atoms with van der Waals surface area (Å²) < 4.78 is 5.39. The highest BCUT2D eigenvalue weighted by atomic mass is 16.3. The van der Waals surface area contributed by atoms with Gasteiger partial charge in [-0.15, -0.1) is 0 Å². The van der Waals surface area contributed by atoms with Crippen LogP contribution in [0, 0.1) is 0 Å². The van der Waals surface area contributed by atoms with Crippen LogP contribution in [0.4, 0.5) is 10.5 Å². The number of carbonyl (C=O) groups is 2. The number of aromatic nitrogens is 1. The first-order chi connectivity index (χ1) is 15.2. The largest absolute Gasteiger partial charge is 0.468 e. The Morgan fingerprint density at radius 2 is 1.71 bits per heavy atom. The number of nitrogens with one attached hydrogen (secondary N) is 2. The van der Waals surface area contributed by atoms with E-state index in [9.17, 15) is 9.59 Å². The smallest absolute Gasteiger partial charge is 0.317 e. The van der Waals surface area contributed by atoms with Gasteiger partial charge in [-0.2, -0.15) is 0 Å². The van der Waals surface area contributed by atoms with Crippen molar-refractivity contribution in [3.8, 4) is 0 Å². The van der Waals surface area contributed by atoms with Crippen LogP contribution in [0.25, 0.3) is 0 Å². The Hall–Kier alpha value is -3.65. The van der Waals surface area contributed by atoms with Gasteiger partial charge in [0.05, 0.1) is 12.8 Å². The van der Waals surface area contributed by atoms with Crippen molar-refractivity contribution in [1.82, 2.24) is 20.1 Å². The number of rotatable bonds is 6. The van der Waals surface area contributed by atoms with Gasteiger partial charge in [-0.25, -0.2) is 4.79 Å². The number of urea groups is 1. The van der Waals surface area contributed by atoms with Crippen molar-refractivity contribution >= 4 is 17.6 Å². The fraction of sp³-hybridized carbons (Fsp3) is 0.261. The van der Waals surface area contributed by atoms with Crippen LogP contribution in [0.2, 0.25) is 0 Å². The molecule has 1 aliphatic heterocycles. The summed E-state index contributed by atoms with van der Waals surface area (Å²) in [5, 5.41) is 5.82. The third-order valence-electron chi connectivity index (χ3n) is 5.22. The van der Waals surface area contributed by atoms with Gasteiger partial charge in [-0.3, -0.25) is 14.7 Å². The van der Waals surface area contributed by atoms with Crippen LogP contribution in [0.3, 0.4) is 0 Å². The van der Waals surface area contributed by atoms with Crippen molar-refractivity contribution in [3.05, 3.63) is 84.1 Å². The summed E-state index contributed by atoms with van der Waals surface area (Å²) in [6.07, 6.45) is 4.85. The fourth-order valence-corrected chi connectivity index (χ4v) is 3.43. The SMILES string of the molecule is O=C(Nc1ccc(CNC(=O)N2CCN(Cc3ccco3)CC2)cc1)c1ccncc1. The molecule has 0 bridgehead atoms. The number of hydrogen-bond donors (Lipinski definition) is 2. The van der Waals surface area contributed by atoms with Gasteiger partial charge in [-0.1, -0.05) is 12.1 Å². The molecule has 2 aromatic heterocycles. The van der Waals surface area contributed by atoms with Crippen molar-refractivity contribution in [2.75, 3.05) is 31.5 Å². The summed E-state index contributed by atoms with van der Waals surface area (Å²) in [6.45, 7) is 4.22. The van der Waals surface area contributed by atoms with Crippen LogP contribution in [0.5, 0.6) is 0 Å². The maximum atomic E-state index is 12.5. The van der Waals surface area contributed by atoms with Crippen molar-refractivity contribution in [3.63, 3.8) is 0 Å². The summed E-state index contributed by atoms with van der Waals surface area (Å²) in [4.78, 5) is 32.7. The van der Waals surface area contributed by atoms with E-state index >= 15 is 0 Å². The fourth-order valence-electron chi connectivity index (χ4n) is 3.43. The van der Waals surface area contributed by atoms with Gasteiger partial charge in [0, 0.05) is 56.4 Å². The molecule has 1 saturated heterocycles. The molecule has 4 rings (SSSR count). The number of amides is 3. The number of pyridine rings is 1.